The van der Waals surface area contributed by atoms with Crippen LogP contribution < -0.4 is 0 Å². The normalized spacial score (nSPS) is 11.2. The summed E-state index contributed by atoms with van der Waals surface area (Å²) < 4.78 is 14.9. The van der Waals surface area contributed by atoms with Crippen molar-refractivity contribution in [2.24, 2.45) is 4.99 Å². The highest BCUT2D eigenvalue weighted by atomic mass is 35.5. The van der Waals surface area contributed by atoms with Crippen LogP contribution in [0.2, 0.25) is 5.02 Å². The van der Waals surface area contributed by atoms with Crippen LogP contribution in [0.25, 0.3) is 16.9 Å². The second-order valence-corrected chi connectivity index (χ2v) is 6.40. The van der Waals surface area contributed by atoms with E-state index in [0.29, 0.717) is 10.7 Å². The van der Waals surface area contributed by atoms with Gasteiger partial charge in [-0.2, -0.15) is 5.10 Å². The molecule has 1 heterocycles. The summed E-state index contributed by atoms with van der Waals surface area (Å²) in [6.45, 7) is 0. The average molecular weight is 376 g/mol. The van der Waals surface area contributed by atoms with Crippen molar-refractivity contribution in [3.05, 3.63) is 101 Å². The molecule has 0 unspecified atom stereocenters. The molecular formula is C22H15ClFN3. The molecule has 0 saturated carbocycles. The zero-order valence-corrected chi connectivity index (χ0v) is 15.0. The van der Waals surface area contributed by atoms with E-state index in [9.17, 15) is 4.39 Å². The summed E-state index contributed by atoms with van der Waals surface area (Å²) in [5.74, 6) is -0.272. The second-order valence-electron chi connectivity index (χ2n) is 5.96. The lowest BCUT2D eigenvalue weighted by Crippen LogP contribution is -1.93. The molecule has 0 atom stereocenters. The van der Waals surface area contributed by atoms with E-state index < -0.39 is 0 Å². The quantitative estimate of drug-likeness (QED) is 0.397. The maximum Gasteiger partial charge on any atom is 0.123 e. The lowest BCUT2D eigenvalue weighted by atomic mass is 10.1. The number of benzene rings is 3. The van der Waals surface area contributed by atoms with Crippen molar-refractivity contribution in [2.45, 2.75) is 0 Å². The Morgan fingerprint density at radius 2 is 1.59 bits per heavy atom. The van der Waals surface area contributed by atoms with Gasteiger partial charge in [0.2, 0.25) is 0 Å². The third-order valence-electron chi connectivity index (χ3n) is 4.06. The Balaban J connectivity index is 1.77. The molecule has 132 valence electrons. The van der Waals surface area contributed by atoms with Crippen LogP contribution in [0, 0.1) is 5.82 Å². The topological polar surface area (TPSA) is 30.2 Å². The molecule has 3 nitrogen and oxygen atoms in total. The smallest absolute Gasteiger partial charge is 0.123 e. The van der Waals surface area contributed by atoms with Gasteiger partial charge in [-0.05, 0) is 42.0 Å². The average Bonchev–Trinajstić information content (AvgIpc) is 3.13. The summed E-state index contributed by atoms with van der Waals surface area (Å²) in [5, 5.41) is 5.37. The molecule has 5 heteroatoms. The van der Waals surface area contributed by atoms with Gasteiger partial charge in [-0.25, -0.2) is 9.07 Å². The summed E-state index contributed by atoms with van der Waals surface area (Å²) in [5.41, 5.74) is 4.13. The third-order valence-corrected chi connectivity index (χ3v) is 4.31. The summed E-state index contributed by atoms with van der Waals surface area (Å²) in [6, 6.07) is 23.5. The number of aliphatic imine (C=N–C) groups is 1. The zero-order chi connectivity index (χ0) is 18.6. The predicted molar refractivity (Wildman–Crippen MR) is 108 cm³/mol. The molecule has 0 fully saturated rings. The molecule has 4 aromatic rings. The molecular weight excluding hydrogens is 361 g/mol. The van der Waals surface area contributed by atoms with Crippen LogP contribution in [0.1, 0.15) is 5.56 Å². The van der Waals surface area contributed by atoms with Crippen LogP contribution in [0.3, 0.4) is 0 Å². The number of hydrogen-bond donors (Lipinski definition) is 0. The van der Waals surface area contributed by atoms with Gasteiger partial charge in [0.05, 0.1) is 11.9 Å². The highest BCUT2D eigenvalue weighted by Crippen LogP contribution is 2.31. The second kappa shape index (κ2) is 7.56. The van der Waals surface area contributed by atoms with Crippen LogP contribution in [0.5, 0.6) is 0 Å². The Hall–Kier alpha value is -3.24. The van der Waals surface area contributed by atoms with Crippen molar-refractivity contribution in [2.75, 3.05) is 0 Å². The molecule has 0 amide bonds. The van der Waals surface area contributed by atoms with Gasteiger partial charge in [0.1, 0.15) is 17.2 Å². The van der Waals surface area contributed by atoms with Crippen LogP contribution in [-0.4, -0.2) is 16.0 Å². The highest BCUT2D eigenvalue weighted by Gasteiger charge is 2.11. The first-order valence-electron chi connectivity index (χ1n) is 8.40. The first-order valence-corrected chi connectivity index (χ1v) is 8.77. The van der Waals surface area contributed by atoms with Gasteiger partial charge in [0.15, 0.2) is 0 Å². The Morgan fingerprint density at radius 3 is 2.30 bits per heavy atom. The number of nitrogens with zero attached hydrogens (tertiary/aromatic N) is 3. The molecule has 0 aliphatic carbocycles. The van der Waals surface area contributed by atoms with Crippen LogP contribution in [0.15, 0.2) is 90.1 Å². The van der Waals surface area contributed by atoms with Crippen molar-refractivity contribution in [1.29, 1.82) is 0 Å². The lowest BCUT2D eigenvalue weighted by molar-refractivity contribution is 0.628. The molecule has 0 radical (unpaired) electrons. The minimum absolute atomic E-state index is 0.272. The fraction of sp³-hybridized carbons (Fsp3) is 0. The number of halogens is 2. The fourth-order valence-electron chi connectivity index (χ4n) is 2.68. The molecule has 3 aromatic carbocycles. The maximum atomic E-state index is 13.1. The van der Waals surface area contributed by atoms with Crippen molar-refractivity contribution < 1.29 is 4.39 Å². The molecule has 0 aliphatic heterocycles. The van der Waals surface area contributed by atoms with Gasteiger partial charge < -0.3 is 0 Å². The van der Waals surface area contributed by atoms with E-state index in [2.05, 4.69) is 4.99 Å². The van der Waals surface area contributed by atoms with Gasteiger partial charge in [-0.3, -0.25) is 4.99 Å². The summed E-state index contributed by atoms with van der Waals surface area (Å²) in [4.78, 5) is 4.59. The van der Waals surface area contributed by atoms with Gasteiger partial charge in [-0.15, -0.1) is 0 Å². The minimum atomic E-state index is -0.272. The van der Waals surface area contributed by atoms with E-state index in [4.69, 9.17) is 16.7 Å². The SMILES string of the molecule is Fc1ccc(C=Nc2cn(-c3ccccc3)nc2-c2ccc(Cl)cc2)cc1. The molecule has 0 saturated heterocycles. The van der Waals surface area contributed by atoms with Crippen LogP contribution in [-0.2, 0) is 0 Å². The molecule has 0 bridgehead atoms. The summed E-state index contributed by atoms with van der Waals surface area (Å²) in [6.07, 6.45) is 3.57. The molecule has 4 rings (SSSR count). The van der Waals surface area contributed by atoms with Crippen LogP contribution in [0.4, 0.5) is 10.1 Å². The lowest BCUT2D eigenvalue weighted by Gasteiger charge is -2.00. The summed E-state index contributed by atoms with van der Waals surface area (Å²) >= 11 is 6.01. The Morgan fingerprint density at radius 1 is 0.889 bits per heavy atom. The van der Waals surface area contributed by atoms with E-state index in [1.807, 2.05) is 60.8 Å². The Kier molecular flexibility index (Phi) is 4.81. The largest absolute Gasteiger partial charge is 0.252 e. The van der Waals surface area contributed by atoms with E-state index >= 15 is 0 Å². The zero-order valence-electron chi connectivity index (χ0n) is 14.3. The van der Waals surface area contributed by atoms with Crippen molar-refractivity contribution >= 4 is 23.5 Å². The summed E-state index contributed by atoms with van der Waals surface area (Å²) in [7, 11) is 0. The minimum Gasteiger partial charge on any atom is -0.252 e. The molecule has 0 N–H and O–H groups in total. The third kappa shape index (κ3) is 3.96. The van der Waals surface area contributed by atoms with Crippen molar-refractivity contribution in [3.63, 3.8) is 0 Å². The predicted octanol–water partition coefficient (Wildman–Crippen LogP) is 6.08. The van der Waals surface area contributed by atoms with E-state index in [-0.39, 0.29) is 5.82 Å². The number of para-hydroxylation sites is 1. The Labute approximate surface area is 161 Å². The number of aromatic nitrogens is 2. The van der Waals surface area contributed by atoms with Gasteiger partial charge in [0.25, 0.3) is 0 Å². The molecule has 1 aromatic heterocycles. The van der Waals surface area contributed by atoms with Gasteiger partial charge in [0, 0.05) is 16.8 Å². The Bertz CT molecular complexity index is 1070. The first-order chi connectivity index (χ1) is 13.2. The van der Waals surface area contributed by atoms with E-state index in [0.717, 1.165) is 22.5 Å². The standard InChI is InChI=1S/C22H15ClFN3/c23-18-10-8-17(9-11-18)22-21(25-14-16-6-12-19(24)13-7-16)15-27(26-22)20-4-2-1-3-5-20/h1-15H. The molecule has 0 aliphatic rings. The monoisotopic (exact) mass is 375 g/mol. The van der Waals surface area contributed by atoms with Crippen molar-refractivity contribution in [3.8, 4) is 16.9 Å². The highest BCUT2D eigenvalue weighted by molar-refractivity contribution is 6.30. The van der Waals surface area contributed by atoms with Crippen molar-refractivity contribution in [1.82, 2.24) is 9.78 Å². The van der Waals surface area contributed by atoms with Crippen LogP contribution >= 0.6 is 11.6 Å². The van der Waals surface area contributed by atoms with E-state index in [1.54, 1.807) is 23.0 Å². The fourth-order valence-corrected chi connectivity index (χ4v) is 2.80. The first kappa shape index (κ1) is 17.2. The number of hydrogen-bond acceptors (Lipinski definition) is 2. The van der Waals surface area contributed by atoms with Gasteiger partial charge in [-0.1, -0.05) is 54.1 Å². The number of rotatable bonds is 4. The maximum absolute atomic E-state index is 13.1. The van der Waals surface area contributed by atoms with Gasteiger partial charge >= 0.3 is 0 Å². The van der Waals surface area contributed by atoms with E-state index in [1.165, 1.54) is 12.1 Å². The molecule has 0 spiro atoms. The molecule has 27 heavy (non-hydrogen) atoms.